The lowest BCUT2D eigenvalue weighted by molar-refractivity contribution is 0.588. The minimum atomic E-state index is 0.557. The van der Waals surface area contributed by atoms with Crippen molar-refractivity contribution in [3.8, 4) is 0 Å². The van der Waals surface area contributed by atoms with Crippen LogP contribution in [0.3, 0.4) is 0 Å². The van der Waals surface area contributed by atoms with E-state index in [2.05, 4.69) is 43.4 Å². The summed E-state index contributed by atoms with van der Waals surface area (Å²) in [6.45, 7) is 5.35. The van der Waals surface area contributed by atoms with Gasteiger partial charge in [0.2, 0.25) is 0 Å². The van der Waals surface area contributed by atoms with Crippen LogP contribution in [0.4, 0.5) is 0 Å². The molecule has 0 bridgehead atoms. The number of thioether (sulfide) groups is 1. The molecule has 2 heteroatoms. The number of rotatable bonds is 6. The van der Waals surface area contributed by atoms with Gasteiger partial charge >= 0.3 is 0 Å². The Hall–Kier alpha value is -0.470. The zero-order chi connectivity index (χ0) is 12.8. The topological polar surface area (TPSA) is 12.0 Å². The highest BCUT2D eigenvalue weighted by molar-refractivity contribution is 7.99. The Balaban J connectivity index is 1.76. The van der Waals surface area contributed by atoms with Crippen LogP contribution in [-0.2, 0) is 6.54 Å². The molecule has 1 nitrogen and oxygen atoms in total. The van der Waals surface area contributed by atoms with Crippen LogP contribution in [0.15, 0.2) is 29.2 Å². The number of nitrogens with one attached hydrogen (secondary N) is 1. The van der Waals surface area contributed by atoms with Gasteiger partial charge in [0.05, 0.1) is 0 Å². The smallest absolute Gasteiger partial charge is 0.0207 e. The Morgan fingerprint density at radius 1 is 1.17 bits per heavy atom. The van der Waals surface area contributed by atoms with Crippen molar-refractivity contribution in [2.75, 3.05) is 5.75 Å². The molecule has 1 aliphatic rings. The molecule has 0 heterocycles. The first-order valence-corrected chi connectivity index (χ1v) is 8.17. The Labute approximate surface area is 116 Å². The van der Waals surface area contributed by atoms with Crippen molar-refractivity contribution < 1.29 is 0 Å². The van der Waals surface area contributed by atoms with Gasteiger partial charge in [0, 0.05) is 23.2 Å². The third-order valence-corrected chi connectivity index (χ3v) is 4.84. The summed E-state index contributed by atoms with van der Waals surface area (Å²) >= 11 is 2.03. The van der Waals surface area contributed by atoms with E-state index < -0.39 is 0 Å². The SMILES string of the molecule is CC(C)NCc1ccc(SCC2CCCC2)cc1. The van der Waals surface area contributed by atoms with Crippen LogP contribution in [-0.4, -0.2) is 11.8 Å². The highest BCUT2D eigenvalue weighted by Gasteiger charge is 2.14. The summed E-state index contributed by atoms with van der Waals surface area (Å²) in [5.41, 5.74) is 1.38. The minimum Gasteiger partial charge on any atom is -0.310 e. The van der Waals surface area contributed by atoms with Crippen LogP contribution >= 0.6 is 11.8 Å². The van der Waals surface area contributed by atoms with Crippen LogP contribution < -0.4 is 5.32 Å². The third-order valence-electron chi connectivity index (χ3n) is 3.60. The Morgan fingerprint density at radius 2 is 1.83 bits per heavy atom. The molecule has 1 fully saturated rings. The molecule has 0 unspecified atom stereocenters. The first kappa shape index (κ1) is 14.0. The van der Waals surface area contributed by atoms with Gasteiger partial charge in [-0.3, -0.25) is 0 Å². The number of hydrogen-bond acceptors (Lipinski definition) is 2. The number of benzene rings is 1. The summed E-state index contributed by atoms with van der Waals surface area (Å²) < 4.78 is 0. The van der Waals surface area contributed by atoms with E-state index in [0.29, 0.717) is 6.04 Å². The predicted molar refractivity (Wildman–Crippen MR) is 81.1 cm³/mol. The molecule has 0 saturated heterocycles. The van der Waals surface area contributed by atoms with E-state index in [1.54, 1.807) is 0 Å². The molecular weight excluding hydrogens is 238 g/mol. The maximum Gasteiger partial charge on any atom is 0.0207 e. The quantitative estimate of drug-likeness (QED) is 0.760. The summed E-state index contributed by atoms with van der Waals surface area (Å²) in [6, 6.07) is 9.62. The Morgan fingerprint density at radius 3 is 2.44 bits per heavy atom. The summed E-state index contributed by atoms with van der Waals surface area (Å²) in [4.78, 5) is 1.43. The van der Waals surface area contributed by atoms with Gasteiger partial charge in [-0.2, -0.15) is 0 Å². The van der Waals surface area contributed by atoms with Crippen molar-refractivity contribution in [3.63, 3.8) is 0 Å². The van der Waals surface area contributed by atoms with Crippen molar-refractivity contribution in [1.29, 1.82) is 0 Å². The minimum absolute atomic E-state index is 0.557. The highest BCUT2D eigenvalue weighted by atomic mass is 32.2. The highest BCUT2D eigenvalue weighted by Crippen LogP contribution is 2.30. The van der Waals surface area contributed by atoms with Gasteiger partial charge in [0.25, 0.3) is 0 Å². The van der Waals surface area contributed by atoms with E-state index >= 15 is 0 Å². The molecule has 0 aromatic heterocycles. The molecule has 18 heavy (non-hydrogen) atoms. The van der Waals surface area contributed by atoms with Gasteiger partial charge < -0.3 is 5.32 Å². The molecule has 1 aliphatic carbocycles. The Kier molecular flexibility index (Phi) is 5.58. The van der Waals surface area contributed by atoms with Crippen molar-refractivity contribution in [2.45, 2.75) is 57.0 Å². The average Bonchev–Trinajstić information content (AvgIpc) is 2.88. The molecule has 0 amide bonds. The Bertz CT molecular complexity index is 339. The lowest BCUT2D eigenvalue weighted by atomic mass is 10.1. The summed E-state index contributed by atoms with van der Waals surface area (Å²) in [5, 5.41) is 3.45. The molecule has 100 valence electrons. The van der Waals surface area contributed by atoms with E-state index in [1.807, 2.05) is 11.8 Å². The maximum absolute atomic E-state index is 3.45. The second kappa shape index (κ2) is 7.20. The molecule has 0 spiro atoms. The van der Waals surface area contributed by atoms with Crippen LogP contribution in [0.5, 0.6) is 0 Å². The zero-order valence-electron chi connectivity index (χ0n) is 11.6. The van der Waals surface area contributed by atoms with E-state index in [4.69, 9.17) is 0 Å². The fourth-order valence-corrected chi connectivity index (χ4v) is 3.51. The lowest BCUT2D eigenvalue weighted by Gasteiger charge is -2.10. The fraction of sp³-hybridized carbons (Fsp3) is 0.625. The molecule has 0 radical (unpaired) electrons. The van der Waals surface area contributed by atoms with Crippen LogP contribution in [0.2, 0.25) is 0 Å². The average molecular weight is 263 g/mol. The van der Waals surface area contributed by atoms with Crippen LogP contribution in [0, 0.1) is 5.92 Å². The first-order valence-electron chi connectivity index (χ1n) is 7.19. The van der Waals surface area contributed by atoms with Crippen molar-refractivity contribution in [2.24, 2.45) is 5.92 Å². The molecule has 1 saturated carbocycles. The van der Waals surface area contributed by atoms with E-state index in [0.717, 1.165) is 12.5 Å². The molecule has 1 N–H and O–H groups in total. The predicted octanol–water partition coefficient (Wildman–Crippen LogP) is 4.47. The molecule has 0 atom stereocenters. The van der Waals surface area contributed by atoms with Crippen LogP contribution in [0.1, 0.15) is 45.1 Å². The van der Waals surface area contributed by atoms with Crippen LogP contribution in [0.25, 0.3) is 0 Å². The van der Waals surface area contributed by atoms with Crippen molar-refractivity contribution >= 4 is 11.8 Å². The van der Waals surface area contributed by atoms with E-state index in [-0.39, 0.29) is 0 Å². The molecule has 2 rings (SSSR count). The lowest BCUT2D eigenvalue weighted by Crippen LogP contribution is -2.21. The van der Waals surface area contributed by atoms with Gasteiger partial charge in [0.15, 0.2) is 0 Å². The summed E-state index contributed by atoms with van der Waals surface area (Å²) in [6.07, 6.45) is 5.79. The zero-order valence-corrected chi connectivity index (χ0v) is 12.4. The van der Waals surface area contributed by atoms with E-state index in [1.165, 1.54) is 41.9 Å². The van der Waals surface area contributed by atoms with Crippen molar-refractivity contribution in [1.82, 2.24) is 5.32 Å². The second-order valence-corrected chi connectivity index (χ2v) is 6.73. The van der Waals surface area contributed by atoms with Gasteiger partial charge in [-0.25, -0.2) is 0 Å². The molecule has 1 aromatic carbocycles. The standard InChI is InChI=1S/C16H25NS/c1-13(2)17-11-14-7-9-16(10-8-14)18-12-15-5-3-4-6-15/h7-10,13,15,17H,3-6,11-12H2,1-2H3. The first-order chi connectivity index (χ1) is 8.74. The molecule has 1 aromatic rings. The van der Waals surface area contributed by atoms with Crippen molar-refractivity contribution in [3.05, 3.63) is 29.8 Å². The summed E-state index contributed by atoms with van der Waals surface area (Å²) in [5.74, 6) is 2.28. The van der Waals surface area contributed by atoms with Gasteiger partial charge in [-0.05, 0) is 36.5 Å². The normalized spacial score (nSPS) is 16.6. The monoisotopic (exact) mass is 263 g/mol. The van der Waals surface area contributed by atoms with Gasteiger partial charge in [-0.15, -0.1) is 11.8 Å². The summed E-state index contributed by atoms with van der Waals surface area (Å²) in [7, 11) is 0. The third kappa shape index (κ3) is 4.66. The largest absolute Gasteiger partial charge is 0.310 e. The van der Waals surface area contributed by atoms with Gasteiger partial charge in [0.1, 0.15) is 0 Å². The van der Waals surface area contributed by atoms with E-state index in [9.17, 15) is 0 Å². The second-order valence-electron chi connectivity index (χ2n) is 5.64. The molecular formula is C16H25NS. The van der Waals surface area contributed by atoms with Gasteiger partial charge in [-0.1, -0.05) is 38.8 Å². The number of hydrogen-bond donors (Lipinski definition) is 1. The fourth-order valence-electron chi connectivity index (χ4n) is 2.42. The molecule has 0 aliphatic heterocycles. The maximum atomic E-state index is 3.45.